The van der Waals surface area contributed by atoms with Gasteiger partial charge in [0, 0.05) is 35.5 Å². The van der Waals surface area contributed by atoms with Crippen LogP contribution in [0.3, 0.4) is 0 Å². The van der Waals surface area contributed by atoms with E-state index in [1.54, 1.807) is 53.4 Å². The zero-order valence-electron chi connectivity index (χ0n) is 12.9. The van der Waals surface area contributed by atoms with Crippen molar-refractivity contribution in [2.24, 2.45) is 0 Å². The van der Waals surface area contributed by atoms with Gasteiger partial charge in [-0.1, -0.05) is 24.3 Å². The van der Waals surface area contributed by atoms with Gasteiger partial charge >= 0.3 is 0 Å². The van der Waals surface area contributed by atoms with Gasteiger partial charge in [0.05, 0.1) is 0 Å². The molecule has 0 atom stereocenters. The van der Waals surface area contributed by atoms with E-state index in [0.29, 0.717) is 35.5 Å². The largest absolute Gasteiger partial charge is 0.399 e. The fourth-order valence-electron chi connectivity index (χ4n) is 2.30. The van der Waals surface area contributed by atoms with E-state index in [0.717, 1.165) is 0 Å². The van der Waals surface area contributed by atoms with Crippen LogP contribution in [0.5, 0.6) is 0 Å². The second-order valence-corrected chi connectivity index (χ2v) is 5.01. The van der Waals surface area contributed by atoms with Crippen LogP contribution in [0.15, 0.2) is 48.5 Å². The first-order valence-electron chi connectivity index (χ1n) is 7.36. The standard InChI is InChI=1S/C18H20N2O2/c1-3-20(4-2)18(22)14-10-8-13(9-11-14)17(21)15-6-5-7-16(19)12-15/h5-12H,3-4,19H2,1-2H3. The van der Waals surface area contributed by atoms with Gasteiger partial charge in [0.1, 0.15) is 0 Å². The van der Waals surface area contributed by atoms with Crippen molar-refractivity contribution in [2.75, 3.05) is 18.8 Å². The van der Waals surface area contributed by atoms with Gasteiger partial charge in [-0.3, -0.25) is 9.59 Å². The highest BCUT2D eigenvalue weighted by Gasteiger charge is 2.14. The second-order valence-electron chi connectivity index (χ2n) is 5.01. The van der Waals surface area contributed by atoms with Crippen LogP contribution in [0.25, 0.3) is 0 Å². The van der Waals surface area contributed by atoms with Gasteiger partial charge in [0.25, 0.3) is 5.91 Å². The Morgan fingerprint density at radius 3 is 2.05 bits per heavy atom. The van der Waals surface area contributed by atoms with Gasteiger partial charge in [-0.15, -0.1) is 0 Å². The highest BCUT2D eigenvalue weighted by atomic mass is 16.2. The summed E-state index contributed by atoms with van der Waals surface area (Å²) in [5.41, 5.74) is 7.93. The van der Waals surface area contributed by atoms with Crippen molar-refractivity contribution in [1.29, 1.82) is 0 Å². The molecule has 0 fully saturated rings. The molecule has 0 aliphatic carbocycles. The Labute approximate surface area is 130 Å². The van der Waals surface area contributed by atoms with E-state index in [2.05, 4.69) is 0 Å². The predicted octanol–water partition coefficient (Wildman–Crippen LogP) is 2.98. The number of rotatable bonds is 5. The number of hydrogen-bond donors (Lipinski definition) is 1. The molecule has 22 heavy (non-hydrogen) atoms. The van der Waals surface area contributed by atoms with Gasteiger partial charge in [-0.2, -0.15) is 0 Å². The first-order valence-corrected chi connectivity index (χ1v) is 7.36. The molecule has 0 spiro atoms. The Morgan fingerprint density at radius 1 is 0.909 bits per heavy atom. The summed E-state index contributed by atoms with van der Waals surface area (Å²) in [6, 6.07) is 13.6. The van der Waals surface area contributed by atoms with Crippen LogP contribution in [0.1, 0.15) is 40.1 Å². The van der Waals surface area contributed by atoms with E-state index >= 15 is 0 Å². The van der Waals surface area contributed by atoms with Gasteiger partial charge in [0.15, 0.2) is 5.78 Å². The Morgan fingerprint density at radius 2 is 1.50 bits per heavy atom. The Balaban J connectivity index is 2.22. The minimum absolute atomic E-state index is 0.0204. The topological polar surface area (TPSA) is 63.4 Å². The molecule has 0 aliphatic heterocycles. The van der Waals surface area contributed by atoms with Crippen molar-refractivity contribution in [3.8, 4) is 0 Å². The Bertz CT molecular complexity index is 674. The Kier molecular flexibility index (Phi) is 4.94. The van der Waals surface area contributed by atoms with Crippen LogP contribution < -0.4 is 5.73 Å². The van der Waals surface area contributed by atoms with Crippen LogP contribution >= 0.6 is 0 Å². The zero-order chi connectivity index (χ0) is 16.1. The van der Waals surface area contributed by atoms with Crippen molar-refractivity contribution < 1.29 is 9.59 Å². The molecule has 2 aromatic rings. The van der Waals surface area contributed by atoms with Gasteiger partial charge in [-0.25, -0.2) is 0 Å². The van der Waals surface area contributed by atoms with E-state index in [9.17, 15) is 9.59 Å². The number of anilines is 1. The molecule has 4 nitrogen and oxygen atoms in total. The highest BCUT2D eigenvalue weighted by Crippen LogP contribution is 2.14. The van der Waals surface area contributed by atoms with Crippen LogP contribution in [-0.4, -0.2) is 29.7 Å². The predicted molar refractivity (Wildman–Crippen MR) is 88.0 cm³/mol. The third kappa shape index (κ3) is 3.34. The lowest BCUT2D eigenvalue weighted by atomic mass is 10.0. The van der Waals surface area contributed by atoms with Crippen molar-refractivity contribution in [1.82, 2.24) is 4.90 Å². The average Bonchev–Trinajstić information content (AvgIpc) is 2.55. The van der Waals surface area contributed by atoms with Crippen molar-refractivity contribution in [2.45, 2.75) is 13.8 Å². The summed E-state index contributed by atoms with van der Waals surface area (Å²) >= 11 is 0. The Hall–Kier alpha value is -2.62. The number of benzene rings is 2. The maximum atomic E-state index is 12.4. The quantitative estimate of drug-likeness (QED) is 0.681. The van der Waals surface area contributed by atoms with Gasteiger partial charge in [-0.05, 0) is 38.1 Å². The van der Waals surface area contributed by atoms with Crippen LogP contribution in [0.4, 0.5) is 5.69 Å². The second kappa shape index (κ2) is 6.89. The summed E-state index contributed by atoms with van der Waals surface area (Å²) in [5, 5.41) is 0. The van der Waals surface area contributed by atoms with Gasteiger partial charge in [0.2, 0.25) is 0 Å². The van der Waals surface area contributed by atoms with Crippen molar-refractivity contribution >= 4 is 17.4 Å². The molecule has 0 radical (unpaired) electrons. The first kappa shape index (κ1) is 15.8. The van der Waals surface area contributed by atoms with E-state index in [-0.39, 0.29) is 11.7 Å². The van der Waals surface area contributed by atoms with E-state index in [4.69, 9.17) is 5.73 Å². The summed E-state index contributed by atoms with van der Waals surface area (Å²) in [7, 11) is 0. The molecule has 114 valence electrons. The first-order chi connectivity index (χ1) is 10.6. The van der Waals surface area contributed by atoms with E-state index < -0.39 is 0 Å². The molecule has 2 N–H and O–H groups in total. The summed E-state index contributed by atoms with van der Waals surface area (Å²) < 4.78 is 0. The summed E-state index contributed by atoms with van der Waals surface area (Å²) in [5.74, 6) is -0.123. The fraction of sp³-hybridized carbons (Fsp3) is 0.222. The number of amides is 1. The molecule has 2 rings (SSSR count). The SMILES string of the molecule is CCN(CC)C(=O)c1ccc(C(=O)c2cccc(N)c2)cc1. The van der Waals surface area contributed by atoms with Gasteiger partial charge < -0.3 is 10.6 Å². The summed E-state index contributed by atoms with van der Waals surface area (Å²) in [6.45, 7) is 5.22. The lowest BCUT2D eigenvalue weighted by Crippen LogP contribution is -2.30. The highest BCUT2D eigenvalue weighted by molar-refractivity contribution is 6.09. The molecular formula is C18H20N2O2. The lowest BCUT2D eigenvalue weighted by molar-refractivity contribution is 0.0772. The summed E-state index contributed by atoms with van der Waals surface area (Å²) in [4.78, 5) is 26.3. The van der Waals surface area contributed by atoms with E-state index in [1.807, 2.05) is 13.8 Å². The third-order valence-electron chi connectivity index (χ3n) is 3.59. The molecule has 0 saturated carbocycles. The molecule has 0 bridgehead atoms. The third-order valence-corrected chi connectivity index (χ3v) is 3.59. The average molecular weight is 296 g/mol. The van der Waals surface area contributed by atoms with Crippen molar-refractivity contribution in [3.05, 3.63) is 65.2 Å². The molecule has 0 aromatic heterocycles. The number of nitrogen functional groups attached to an aromatic ring is 1. The number of hydrogen-bond acceptors (Lipinski definition) is 3. The maximum Gasteiger partial charge on any atom is 0.253 e. The molecular weight excluding hydrogens is 276 g/mol. The van der Waals surface area contributed by atoms with Crippen molar-refractivity contribution in [3.63, 3.8) is 0 Å². The van der Waals surface area contributed by atoms with E-state index in [1.165, 1.54) is 0 Å². The van der Waals surface area contributed by atoms with Crippen LogP contribution in [-0.2, 0) is 0 Å². The smallest absolute Gasteiger partial charge is 0.253 e. The number of carbonyl (C=O) groups is 2. The van der Waals surface area contributed by atoms with Crippen LogP contribution in [0.2, 0.25) is 0 Å². The number of nitrogens with two attached hydrogens (primary N) is 1. The van der Waals surface area contributed by atoms with Crippen LogP contribution in [0, 0.1) is 0 Å². The lowest BCUT2D eigenvalue weighted by Gasteiger charge is -2.18. The molecule has 0 aliphatic rings. The zero-order valence-corrected chi connectivity index (χ0v) is 12.9. The molecule has 0 unspecified atom stereocenters. The molecule has 0 saturated heterocycles. The normalized spacial score (nSPS) is 10.3. The molecule has 0 heterocycles. The number of carbonyl (C=O) groups excluding carboxylic acids is 2. The fourth-order valence-corrected chi connectivity index (χ4v) is 2.30. The number of nitrogens with zero attached hydrogens (tertiary/aromatic N) is 1. The number of ketones is 1. The monoisotopic (exact) mass is 296 g/mol. The maximum absolute atomic E-state index is 12.4. The minimum atomic E-state index is -0.103. The minimum Gasteiger partial charge on any atom is -0.399 e. The molecule has 4 heteroatoms. The molecule has 2 aromatic carbocycles. The summed E-state index contributed by atoms with van der Waals surface area (Å²) in [6.07, 6.45) is 0. The molecule has 1 amide bonds.